The molecule has 0 radical (unpaired) electrons. The average molecular weight is 464 g/mol. The van der Waals surface area contributed by atoms with Crippen LogP contribution in [0, 0.1) is 0 Å². The first-order valence-corrected chi connectivity index (χ1v) is 8.93. The van der Waals surface area contributed by atoms with Crippen molar-refractivity contribution in [2.45, 2.75) is 6.54 Å². The van der Waals surface area contributed by atoms with Crippen LogP contribution in [0.3, 0.4) is 0 Å². The molecule has 25 heavy (non-hydrogen) atoms. The second-order valence-corrected chi connectivity index (χ2v) is 7.32. The third-order valence-electron chi connectivity index (χ3n) is 3.30. The van der Waals surface area contributed by atoms with Crippen molar-refractivity contribution in [2.75, 3.05) is 5.32 Å². The van der Waals surface area contributed by atoms with Gasteiger partial charge in [0.25, 0.3) is 5.91 Å². The quantitative estimate of drug-likeness (QED) is 0.613. The Hall–Kier alpha value is -1.54. The maximum Gasteiger partial charge on any atom is 0.278 e. The average Bonchev–Trinajstić information content (AvgIpc) is 3.04. The van der Waals surface area contributed by atoms with Gasteiger partial charge < -0.3 is 5.32 Å². The second-order valence-electron chi connectivity index (χ2n) is 5.21. The zero-order valence-electron chi connectivity index (χ0n) is 12.8. The fraction of sp³-hybridized carbons (Fsp3) is 0.133. The molecule has 1 amide bonds. The third kappa shape index (κ3) is 4.17. The van der Waals surface area contributed by atoms with Gasteiger partial charge in [-0.05, 0) is 33.6 Å². The first-order valence-electron chi connectivity index (χ1n) is 7.01. The molecule has 2 heterocycles. The molecule has 0 unspecified atom stereocenters. The number of halogens is 4. The van der Waals surface area contributed by atoms with Gasteiger partial charge in [-0.25, -0.2) is 0 Å². The Bertz CT molecular complexity index is 953. The number of aryl methyl sites for hydroxylation is 1. The highest BCUT2D eigenvalue weighted by molar-refractivity contribution is 9.10. The van der Waals surface area contributed by atoms with Crippen LogP contribution >= 0.6 is 50.7 Å². The Morgan fingerprint density at radius 2 is 1.96 bits per heavy atom. The summed E-state index contributed by atoms with van der Waals surface area (Å²) in [5.74, 6) is -0.168. The zero-order chi connectivity index (χ0) is 18.1. The minimum atomic E-state index is -0.413. The minimum Gasteiger partial charge on any atom is -0.302 e. The number of carbonyl (C=O) groups excluding carboxylic acids is 1. The molecule has 0 aliphatic rings. The van der Waals surface area contributed by atoms with Crippen molar-refractivity contribution < 1.29 is 4.79 Å². The molecular formula is C15H11BrCl3N5O. The van der Waals surface area contributed by atoms with Gasteiger partial charge in [0.05, 0.1) is 11.0 Å². The van der Waals surface area contributed by atoms with Gasteiger partial charge in [-0.1, -0.05) is 40.9 Å². The first kappa shape index (κ1) is 18.3. The fourth-order valence-electron chi connectivity index (χ4n) is 2.17. The molecule has 0 spiro atoms. The van der Waals surface area contributed by atoms with Crippen LogP contribution in [0.4, 0.5) is 5.82 Å². The summed E-state index contributed by atoms with van der Waals surface area (Å²) in [6, 6.07) is 5.21. The van der Waals surface area contributed by atoms with Crippen LogP contribution < -0.4 is 5.32 Å². The fourth-order valence-corrected chi connectivity index (χ4v) is 3.39. The highest BCUT2D eigenvalue weighted by Gasteiger charge is 2.18. The summed E-state index contributed by atoms with van der Waals surface area (Å²) in [5.41, 5.74) is 1.07. The topological polar surface area (TPSA) is 64.7 Å². The van der Waals surface area contributed by atoms with Crippen LogP contribution in [0.25, 0.3) is 0 Å². The summed E-state index contributed by atoms with van der Waals surface area (Å²) in [5, 5.41) is 12.4. The first-order chi connectivity index (χ1) is 11.8. The number of nitrogens with zero attached hydrogens (tertiary/aromatic N) is 4. The van der Waals surface area contributed by atoms with E-state index in [1.54, 1.807) is 36.3 Å². The number of anilines is 1. The van der Waals surface area contributed by atoms with Gasteiger partial charge in [0.15, 0.2) is 11.5 Å². The summed E-state index contributed by atoms with van der Waals surface area (Å²) in [6.07, 6.45) is 3.28. The van der Waals surface area contributed by atoms with E-state index in [0.29, 0.717) is 26.1 Å². The van der Waals surface area contributed by atoms with Crippen molar-refractivity contribution in [3.05, 3.63) is 61.4 Å². The Labute approximate surface area is 166 Å². The van der Waals surface area contributed by atoms with Crippen molar-refractivity contribution >= 4 is 62.5 Å². The molecule has 0 saturated heterocycles. The molecule has 130 valence electrons. The number of aromatic nitrogens is 4. The predicted molar refractivity (Wildman–Crippen MR) is 102 cm³/mol. The maximum absolute atomic E-state index is 12.3. The number of rotatable bonds is 4. The van der Waals surface area contributed by atoms with Gasteiger partial charge in [-0.15, -0.1) is 0 Å². The van der Waals surface area contributed by atoms with Crippen LogP contribution in [-0.4, -0.2) is 25.5 Å². The van der Waals surface area contributed by atoms with E-state index in [-0.39, 0.29) is 11.5 Å². The number of hydrogen-bond donors (Lipinski definition) is 1. The summed E-state index contributed by atoms with van der Waals surface area (Å²) < 4.78 is 3.69. The molecule has 0 fully saturated rings. The number of carbonyl (C=O) groups is 1. The molecule has 6 nitrogen and oxygen atoms in total. The lowest BCUT2D eigenvalue weighted by Gasteiger charge is -2.05. The van der Waals surface area contributed by atoms with Gasteiger partial charge >= 0.3 is 0 Å². The molecule has 0 atom stereocenters. The van der Waals surface area contributed by atoms with Gasteiger partial charge in [-0.3, -0.25) is 14.2 Å². The molecule has 10 heteroatoms. The number of benzene rings is 1. The number of amides is 1. The van der Waals surface area contributed by atoms with Crippen molar-refractivity contribution in [3.63, 3.8) is 0 Å². The van der Waals surface area contributed by atoms with Gasteiger partial charge in [0.2, 0.25) is 0 Å². The molecule has 0 saturated carbocycles. The molecule has 0 aliphatic carbocycles. The normalized spacial score (nSPS) is 10.9. The van der Waals surface area contributed by atoms with E-state index in [9.17, 15) is 4.79 Å². The van der Waals surface area contributed by atoms with Crippen LogP contribution in [0.2, 0.25) is 15.1 Å². The van der Waals surface area contributed by atoms with Crippen molar-refractivity contribution in [2.24, 2.45) is 7.05 Å². The lowest BCUT2D eigenvalue weighted by Crippen LogP contribution is -2.14. The molecule has 1 N–H and O–H groups in total. The van der Waals surface area contributed by atoms with E-state index in [4.69, 9.17) is 34.8 Å². The number of hydrogen-bond acceptors (Lipinski definition) is 3. The van der Waals surface area contributed by atoms with Crippen molar-refractivity contribution in [1.82, 2.24) is 19.6 Å². The standard InChI is InChI=1S/C15H11BrCl3N5O/c1-23-6-10(16)13(21-23)15(25)20-14-12(19)7-24(22-14)5-8-2-3-9(17)4-11(8)18/h2-4,6-7H,5H2,1H3,(H,20,22,25). The summed E-state index contributed by atoms with van der Waals surface area (Å²) in [7, 11) is 1.72. The monoisotopic (exact) mass is 461 g/mol. The van der Waals surface area contributed by atoms with Crippen LogP contribution in [0.15, 0.2) is 35.1 Å². The molecular weight excluding hydrogens is 452 g/mol. The van der Waals surface area contributed by atoms with E-state index >= 15 is 0 Å². The van der Waals surface area contributed by atoms with Crippen molar-refractivity contribution in [3.8, 4) is 0 Å². The Balaban J connectivity index is 1.78. The molecule has 0 aliphatic heterocycles. The second kappa shape index (κ2) is 7.37. The SMILES string of the molecule is Cn1cc(Br)c(C(=O)Nc2nn(Cc3ccc(Cl)cc3Cl)cc2Cl)n1. The van der Waals surface area contributed by atoms with Gasteiger partial charge in [-0.2, -0.15) is 10.2 Å². The van der Waals surface area contributed by atoms with E-state index in [2.05, 4.69) is 31.4 Å². The van der Waals surface area contributed by atoms with E-state index < -0.39 is 5.91 Å². The molecule has 2 aromatic heterocycles. The Morgan fingerprint density at radius 3 is 2.60 bits per heavy atom. The van der Waals surface area contributed by atoms with E-state index in [0.717, 1.165) is 5.56 Å². The molecule has 3 aromatic rings. The maximum atomic E-state index is 12.3. The zero-order valence-corrected chi connectivity index (χ0v) is 16.7. The van der Waals surface area contributed by atoms with E-state index in [1.807, 2.05) is 6.07 Å². The van der Waals surface area contributed by atoms with Gasteiger partial charge in [0, 0.05) is 29.5 Å². The highest BCUT2D eigenvalue weighted by Crippen LogP contribution is 2.25. The lowest BCUT2D eigenvalue weighted by molar-refractivity contribution is 0.102. The Kier molecular flexibility index (Phi) is 5.38. The van der Waals surface area contributed by atoms with Gasteiger partial charge in [0.1, 0.15) is 5.02 Å². The number of nitrogens with one attached hydrogen (secondary N) is 1. The minimum absolute atomic E-state index is 0.244. The summed E-state index contributed by atoms with van der Waals surface area (Å²) >= 11 is 21.5. The lowest BCUT2D eigenvalue weighted by atomic mass is 10.2. The van der Waals surface area contributed by atoms with Crippen LogP contribution in [0.1, 0.15) is 16.1 Å². The third-order valence-corrected chi connectivity index (χ3v) is 4.74. The predicted octanol–water partition coefficient (Wildman–Crippen LogP) is 4.64. The smallest absolute Gasteiger partial charge is 0.278 e. The highest BCUT2D eigenvalue weighted by atomic mass is 79.9. The molecule has 0 bridgehead atoms. The summed E-state index contributed by atoms with van der Waals surface area (Å²) in [6.45, 7) is 0.388. The van der Waals surface area contributed by atoms with Crippen molar-refractivity contribution in [1.29, 1.82) is 0 Å². The largest absolute Gasteiger partial charge is 0.302 e. The summed E-state index contributed by atoms with van der Waals surface area (Å²) in [4.78, 5) is 12.3. The van der Waals surface area contributed by atoms with Crippen LogP contribution in [-0.2, 0) is 13.6 Å². The Morgan fingerprint density at radius 1 is 1.20 bits per heavy atom. The van der Waals surface area contributed by atoms with E-state index in [1.165, 1.54) is 4.68 Å². The van der Waals surface area contributed by atoms with Crippen LogP contribution in [0.5, 0.6) is 0 Å². The molecule has 3 rings (SSSR count). The molecule has 1 aromatic carbocycles.